The van der Waals surface area contributed by atoms with Crippen LogP contribution in [0.2, 0.25) is 0 Å². The van der Waals surface area contributed by atoms with Crippen molar-refractivity contribution in [1.82, 2.24) is 0 Å². The molecule has 0 amide bonds. The molecule has 0 fully saturated rings. The van der Waals surface area contributed by atoms with E-state index < -0.39 is 0 Å². The molecule has 0 spiro atoms. The van der Waals surface area contributed by atoms with E-state index in [0.717, 1.165) is 4.43 Å². The zero-order valence-corrected chi connectivity index (χ0v) is 7.61. The predicted octanol–water partition coefficient (Wildman–Crippen LogP) is -4.26. The molecule has 1 atom stereocenters. The Hall–Kier alpha value is -0.0400. The third-order valence-corrected chi connectivity index (χ3v) is 3.77. The summed E-state index contributed by atoms with van der Waals surface area (Å²) in [4.78, 5) is 4.04. The molecule has 1 aliphatic heterocycles. The van der Waals surface area contributed by atoms with Crippen LogP contribution >= 0.6 is 0 Å². The third kappa shape index (κ3) is 2.30. The Morgan fingerprint density at radius 1 is 1.90 bits per heavy atom. The number of ether oxygens (including phenoxy) is 1. The Morgan fingerprint density at radius 3 is 3.20 bits per heavy atom. The monoisotopic (exact) mass is 257 g/mol. The number of alkyl halides is 2. The van der Waals surface area contributed by atoms with E-state index in [1.165, 1.54) is 0 Å². The fraction of sp³-hybridized carbons (Fsp3) is 0.800. The van der Waals surface area contributed by atoms with E-state index >= 15 is 0 Å². The maximum absolute atomic E-state index is 8.50. The van der Waals surface area contributed by atoms with Crippen molar-refractivity contribution in [2.45, 2.75) is 4.05 Å². The maximum atomic E-state index is 8.50. The molecule has 3 N–H and O–H groups in total. The molecule has 60 valence electrons. The van der Waals surface area contributed by atoms with Gasteiger partial charge in [-0.1, -0.05) is 0 Å². The van der Waals surface area contributed by atoms with Crippen LogP contribution in [0.25, 0.3) is 0 Å². The number of hydrogen-bond acceptors (Lipinski definition) is 4. The summed E-state index contributed by atoms with van der Waals surface area (Å²) in [6, 6.07) is 0.308. The van der Waals surface area contributed by atoms with Gasteiger partial charge < -0.3 is 0 Å². The molecule has 0 saturated carbocycles. The molecule has 10 heavy (non-hydrogen) atoms. The van der Waals surface area contributed by atoms with E-state index in [1.807, 2.05) is 0 Å². The van der Waals surface area contributed by atoms with Gasteiger partial charge in [-0.3, -0.25) is 0 Å². The van der Waals surface area contributed by atoms with E-state index in [0.29, 0.717) is 12.6 Å². The average Bonchev–Trinajstić information content (AvgIpc) is 2.31. The second kappa shape index (κ2) is 3.97. The van der Waals surface area contributed by atoms with E-state index in [2.05, 4.69) is 4.99 Å². The molecule has 4 nitrogen and oxygen atoms in total. The molecular weight excluding hydrogens is 247 g/mol. The zero-order valence-electron chi connectivity index (χ0n) is 5.46. The summed E-state index contributed by atoms with van der Waals surface area (Å²) in [5.41, 5.74) is 5.28. The summed E-state index contributed by atoms with van der Waals surface area (Å²) in [6.45, 7) is 0.887. The molecule has 0 aromatic rings. The van der Waals surface area contributed by atoms with Gasteiger partial charge in [-0.25, -0.2) is 0 Å². The molecule has 0 radical (unpaired) electrons. The van der Waals surface area contributed by atoms with Crippen LogP contribution in [-0.4, -0.2) is 32.8 Å². The average molecular weight is 257 g/mol. The summed E-state index contributed by atoms with van der Waals surface area (Å²) in [5, 5.41) is 8.50. The van der Waals surface area contributed by atoms with Crippen molar-refractivity contribution < 1.29 is 31.0 Å². The van der Waals surface area contributed by atoms with E-state index in [9.17, 15) is 0 Å². The summed E-state index contributed by atoms with van der Waals surface area (Å²) in [7, 11) is 0. The van der Waals surface area contributed by atoms with Gasteiger partial charge in [0, 0.05) is 0 Å². The van der Waals surface area contributed by atoms with Gasteiger partial charge in [-0.05, 0) is 0 Å². The Bertz CT molecular complexity index is 140. The van der Waals surface area contributed by atoms with Gasteiger partial charge in [-0.2, -0.15) is 0 Å². The van der Waals surface area contributed by atoms with Gasteiger partial charge in [0.25, 0.3) is 0 Å². The molecule has 0 aromatic carbocycles. The van der Waals surface area contributed by atoms with Crippen LogP contribution in [0.4, 0.5) is 0 Å². The molecule has 0 aromatic heterocycles. The molecule has 0 bridgehead atoms. The number of aliphatic hydroxyl groups is 1. The Morgan fingerprint density at radius 2 is 2.70 bits per heavy atom. The number of aliphatic hydroxyl groups excluding tert-OH is 1. The first kappa shape index (κ1) is 8.06. The van der Waals surface area contributed by atoms with Gasteiger partial charge in [0.05, 0.1) is 0 Å². The topological polar surface area (TPSA) is 67.8 Å². The van der Waals surface area contributed by atoms with Crippen molar-refractivity contribution in [3.63, 3.8) is 0 Å². The Labute approximate surface area is 69.7 Å². The molecule has 0 aliphatic carbocycles. The van der Waals surface area contributed by atoms with Crippen LogP contribution in [-0.2, 0) is 4.74 Å². The van der Waals surface area contributed by atoms with Gasteiger partial charge in [0.1, 0.15) is 0 Å². The third-order valence-electron chi connectivity index (χ3n) is 1.01. The second-order valence-corrected chi connectivity index (χ2v) is 5.18. The van der Waals surface area contributed by atoms with Gasteiger partial charge in [0.2, 0.25) is 0 Å². The first-order valence-corrected chi connectivity index (χ1v) is 5.74. The van der Waals surface area contributed by atoms with Crippen molar-refractivity contribution in [2.75, 3.05) is 17.6 Å². The molecule has 1 heterocycles. The van der Waals surface area contributed by atoms with Crippen molar-refractivity contribution >= 4 is 6.02 Å². The second-order valence-electron chi connectivity index (χ2n) is 1.78. The van der Waals surface area contributed by atoms with Gasteiger partial charge >= 0.3 is 69.5 Å². The summed E-state index contributed by atoms with van der Waals surface area (Å²) >= 11 is -0.0484. The minimum absolute atomic E-state index is 0.0484. The van der Waals surface area contributed by atoms with Crippen LogP contribution in [0.1, 0.15) is 0 Å². The van der Waals surface area contributed by atoms with Crippen LogP contribution in [0.5, 0.6) is 0 Å². The predicted molar refractivity (Wildman–Crippen MR) is 33.3 cm³/mol. The fourth-order valence-electron chi connectivity index (χ4n) is 0.621. The van der Waals surface area contributed by atoms with Crippen LogP contribution in [0.15, 0.2) is 4.99 Å². The Kier molecular flexibility index (Phi) is 3.20. The van der Waals surface area contributed by atoms with E-state index in [4.69, 9.17) is 15.6 Å². The number of nitrogens with zero attached hydrogens (tertiary/aromatic N) is 1. The number of hydrogen-bond donors (Lipinski definition) is 2. The summed E-state index contributed by atoms with van der Waals surface area (Å²) in [6.07, 6.45) is 0. The number of nitrogens with two attached hydrogens (primary N) is 1. The van der Waals surface area contributed by atoms with Crippen LogP contribution in [0.3, 0.4) is 0 Å². The number of rotatable bonds is 3. The Balaban J connectivity index is 2.18. The van der Waals surface area contributed by atoms with Crippen LogP contribution in [0, 0.1) is 0 Å². The normalized spacial score (nSPS) is 24.5. The number of amidine groups is 1. The van der Waals surface area contributed by atoms with Crippen LogP contribution < -0.4 is 26.9 Å². The van der Waals surface area contributed by atoms with Gasteiger partial charge in [0.15, 0.2) is 0 Å². The van der Waals surface area contributed by atoms with E-state index in [-0.39, 0.29) is 31.9 Å². The minimum atomic E-state index is -0.0484. The number of aliphatic imine (C=N–C) groups is 1. The summed E-state index contributed by atoms with van der Waals surface area (Å²) < 4.78 is 6.10. The molecular formula is C5H10IN2O2-. The first-order valence-electron chi connectivity index (χ1n) is 2.97. The SMILES string of the molecule is NC1=N[C@@H]([I-]CCO)CO1. The molecule has 0 unspecified atom stereocenters. The van der Waals surface area contributed by atoms with Crippen molar-refractivity contribution in [1.29, 1.82) is 0 Å². The van der Waals surface area contributed by atoms with E-state index in [1.54, 1.807) is 0 Å². The molecule has 1 rings (SSSR count). The molecule has 1 aliphatic rings. The molecule has 0 saturated heterocycles. The van der Waals surface area contributed by atoms with Crippen molar-refractivity contribution in [2.24, 2.45) is 10.7 Å². The van der Waals surface area contributed by atoms with Crippen molar-refractivity contribution in [3.05, 3.63) is 0 Å². The zero-order chi connectivity index (χ0) is 7.40. The fourth-order valence-corrected chi connectivity index (χ4v) is 2.52. The summed E-state index contributed by atoms with van der Waals surface area (Å²) in [5.74, 6) is 0. The van der Waals surface area contributed by atoms with Crippen molar-refractivity contribution in [3.8, 4) is 0 Å². The quantitative estimate of drug-likeness (QED) is 0.305. The van der Waals surface area contributed by atoms with Gasteiger partial charge in [-0.15, -0.1) is 0 Å². The standard InChI is InChI=1S/C5H10IN2O2/c7-5-8-4(3-10-5)6-1-2-9/h4,9H,1-3H2,(H2,7,8)/q-1/t4-/m1/s1. The number of halogens is 1. The molecule has 5 heteroatoms. The first-order chi connectivity index (χ1) is 4.83.